The molecule has 0 atom stereocenters. The summed E-state index contributed by atoms with van der Waals surface area (Å²) in [5.74, 6) is 0.819. The molecule has 0 unspecified atom stereocenters. The van der Waals surface area contributed by atoms with Crippen molar-refractivity contribution in [2.24, 2.45) is 0 Å². The van der Waals surface area contributed by atoms with Crippen molar-refractivity contribution in [2.45, 2.75) is 13.3 Å². The predicted molar refractivity (Wildman–Crippen MR) is 46.2 cm³/mol. The number of rotatable bonds is 2. The van der Waals surface area contributed by atoms with Crippen molar-refractivity contribution in [3.05, 3.63) is 28.8 Å². The zero-order valence-electron chi connectivity index (χ0n) is 6.65. The maximum atomic E-state index is 5.90. The Labute approximate surface area is 71.9 Å². The van der Waals surface area contributed by atoms with Crippen molar-refractivity contribution >= 4 is 11.6 Å². The quantitative estimate of drug-likeness (QED) is 0.662. The van der Waals surface area contributed by atoms with E-state index in [1.54, 1.807) is 19.2 Å². The van der Waals surface area contributed by atoms with E-state index >= 15 is 0 Å². The van der Waals surface area contributed by atoms with Gasteiger partial charge in [-0.2, -0.15) is 0 Å². The largest absolute Gasteiger partial charge is 0.496 e. The van der Waals surface area contributed by atoms with E-state index in [9.17, 15) is 0 Å². The van der Waals surface area contributed by atoms with Crippen molar-refractivity contribution in [3.8, 4) is 5.75 Å². The number of benzene rings is 1. The lowest BCUT2D eigenvalue weighted by atomic mass is 10.1. The van der Waals surface area contributed by atoms with Crippen LogP contribution in [0.1, 0.15) is 12.5 Å². The molecule has 0 amide bonds. The molecule has 0 aliphatic heterocycles. The van der Waals surface area contributed by atoms with Crippen LogP contribution in [0.15, 0.2) is 12.1 Å². The number of ether oxygens (including phenoxy) is 1. The van der Waals surface area contributed by atoms with Crippen molar-refractivity contribution in [3.63, 3.8) is 0 Å². The zero-order chi connectivity index (χ0) is 8.27. The maximum absolute atomic E-state index is 5.90. The molecule has 0 fully saturated rings. The van der Waals surface area contributed by atoms with Gasteiger partial charge in [0.2, 0.25) is 0 Å². The highest BCUT2D eigenvalue weighted by Gasteiger charge is 2.03. The monoisotopic (exact) mass is 169 g/mol. The SMILES string of the molecule is CCc1c(Cl)c[c]cc1OC. The number of hydrogen-bond acceptors (Lipinski definition) is 1. The summed E-state index contributed by atoms with van der Waals surface area (Å²) in [5, 5.41) is 0.729. The summed E-state index contributed by atoms with van der Waals surface area (Å²) in [6, 6.07) is 6.45. The molecule has 0 bridgehead atoms. The van der Waals surface area contributed by atoms with E-state index < -0.39 is 0 Å². The summed E-state index contributed by atoms with van der Waals surface area (Å²) < 4.78 is 5.10. The third kappa shape index (κ3) is 1.66. The lowest BCUT2D eigenvalue weighted by Gasteiger charge is -2.06. The molecule has 1 aromatic carbocycles. The van der Waals surface area contributed by atoms with Gasteiger partial charge >= 0.3 is 0 Å². The standard InChI is InChI=1S/C9H10ClO/c1-3-7-8(10)5-4-6-9(7)11-2/h5-6H,3H2,1-2H3. The van der Waals surface area contributed by atoms with Gasteiger partial charge in [-0.25, -0.2) is 0 Å². The molecule has 0 heterocycles. The van der Waals surface area contributed by atoms with Crippen molar-refractivity contribution in [2.75, 3.05) is 7.11 Å². The molecule has 1 rings (SSSR count). The number of halogens is 1. The van der Waals surface area contributed by atoms with Gasteiger partial charge in [0.05, 0.1) is 7.11 Å². The summed E-state index contributed by atoms with van der Waals surface area (Å²) in [6.07, 6.45) is 0.886. The molecule has 1 aromatic rings. The fraction of sp³-hybridized carbons (Fsp3) is 0.333. The second kappa shape index (κ2) is 3.63. The summed E-state index contributed by atoms with van der Waals surface area (Å²) in [7, 11) is 1.64. The fourth-order valence-electron chi connectivity index (χ4n) is 1.01. The Morgan fingerprint density at radius 3 is 2.73 bits per heavy atom. The predicted octanol–water partition coefficient (Wildman–Crippen LogP) is 2.71. The van der Waals surface area contributed by atoms with Crippen LogP contribution in [-0.2, 0) is 6.42 Å². The summed E-state index contributed by atoms with van der Waals surface area (Å²) in [6.45, 7) is 2.05. The van der Waals surface area contributed by atoms with Crippen LogP contribution in [0, 0.1) is 6.07 Å². The Morgan fingerprint density at radius 2 is 2.27 bits per heavy atom. The smallest absolute Gasteiger partial charge is 0.124 e. The third-order valence-corrected chi connectivity index (χ3v) is 1.92. The molecular weight excluding hydrogens is 160 g/mol. The molecule has 2 heteroatoms. The van der Waals surface area contributed by atoms with Crippen molar-refractivity contribution in [1.82, 2.24) is 0 Å². The van der Waals surface area contributed by atoms with Crippen LogP contribution in [0.25, 0.3) is 0 Å². The molecular formula is C9H10ClO. The van der Waals surface area contributed by atoms with E-state index in [1.165, 1.54) is 0 Å². The van der Waals surface area contributed by atoms with E-state index in [0.29, 0.717) is 0 Å². The van der Waals surface area contributed by atoms with Gasteiger partial charge in [0.1, 0.15) is 5.75 Å². The molecule has 0 saturated heterocycles. The molecule has 0 saturated carbocycles. The van der Waals surface area contributed by atoms with Gasteiger partial charge in [-0.1, -0.05) is 18.5 Å². The number of hydrogen-bond donors (Lipinski definition) is 0. The van der Waals surface area contributed by atoms with Crippen LogP contribution in [0.3, 0.4) is 0 Å². The second-order valence-corrected chi connectivity index (χ2v) is 2.61. The highest BCUT2D eigenvalue weighted by molar-refractivity contribution is 6.31. The van der Waals surface area contributed by atoms with Crippen LogP contribution >= 0.6 is 11.6 Å². The molecule has 11 heavy (non-hydrogen) atoms. The molecule has 0 aliphatic carbocycles. The molecule has 59 valence electrons. The first-order valence-corrected chi connectivity index (χ1v) is 3.89. The van der Waals surface area contributed by atoms with E-state index in [0.717, 1.165) is 22.8 Å². The Kier molecular flexibility index (Phi) is 2.77. The van der Waals surface area contributed by atoms with Gasteiger partial charge in [0.25, 0.3) is 0 Å². The minimum absolute atomic E-state index is 0.729. The second-order valence-electron chi connectivity index (χ2n) is 2.20. The zero-order valence-corrected chi connectivity index (χ0v) is 7.40. The Balaban J connectivity index is 3.13. The van der Waals surface area contributed by atoms with Gasteiger partial charge < -0.3 is 4.74 Å². The Morgan fingerprint density at radius 1 is 1.55 bits per heavy atom. The van der Waals surface area contributed by atoms with Crippen LogP contribution < -0.4 is 4.74 Å². The van der Waals surface area contributed by atoms with Crippen LogP contribution in [-0.4, -0.2) is 7.11 Å². The van der Waals surface area contributed by atoms with Crippen LogP contribution in [0.4, 0.5) is 0 Å². The minimum Gasteiger partial charge on any atom is -0.496 e. The number of methoxy groups -OCH3 is 1. The molecule has 0 aliphatic rings. The summed E-state index contributed by atoms with van der Waals surface area (Å²) in [5.41, 5.74) is 1.05. The molecule has 1 nitrogen and oxygen atoms in total. The van der Waals surface area contributed by atoms with Crippen molar-refractivity contribution < 1.29 is 4.74 Å². The maximum Gasteiger partial charge on any atom is 0.124 e. The van der Waals surface area contributed by atoms with Crippen LogP contribution in [0.2, 0.25) is 5.02 Å². The lowest BCUT2D eigenvalue weighted by molar-refractivity contribution is 0.410. The molecule has 0 aromatic heterocycles. The Bertz CT molecular complexity index is 245. The first-order valence-electron chi connectivity index (χ1n) is 3.52. The van der Waals surface area contributed by atoms with Gasteiger partial charge in [-0.05, 0) is 24.6 Å². The van der Waals surface area contributed by atoms with Gasteiger partial charge in [0.15, 0.2) is 0 Å². The molecule has 1 radical (unpaired) electrons. The van der Waals surface area contributed by atoms with Gasteiger partial charge in [-0.15, -0.1) is 0 Å². The highest BCUT2D eigenvalue weighted by Crippen LogP contribution is 2.25. The average molecular weight is 170 g/mol. The fourth-order valence-corrected chi connectivity index (χ4v) is 1.30. The first kappa shape index (κ1) is 8.41. The minimum atomic E-state index is 0.729. The van der Waals surface area contributed by atoms with Crippen LogP contribution in [0.5, 0.6) is 5.75 Å². The summed E-state index contributed by atoms with van der Waals surface area (Å²) in [4.78, 5) is 0. The molecule has 0 N–H and O–H groups in total. The molecule has 0 spiro atoms. The average Bonchev–Trinajstić information content (AvgIpc) is 2.04. The topological polar surface area (TPSA) is 9.23 Å². The normalized spacial score (nSPS) is 9.73. The van der Waals surface area contributed by atoms with E-state index in [-0.39, 0.29) is 0 Å². The van der Waals surface area contributed by atoms with E-state index in [1.807, 2.05) is 6.92 Å². The van der Waals surface area contributed by atoms with Gasteiger partial charge in [-0.3, -0.25) is 0 Å². The van der Waals surface area contributed by atoms with Crippen molar-refractivity contribution in [1.29, 1.82) is 0 Å². The van der Waals surface area contributed by atoms with Gasteiger partial charge in [0, 0.05) is 10.6 Å². The third-order valence-electron chi connectivity index (χ3n) is 1.58. The lowest BCUT2D eigenvalue weighted by Crippen LogP contribution is -1.90. The first-order chi connectivity index (χ1) is 5.29. The van der Waals surface area contributed by atoms with E-state index in [4.69, 9.17) is 16.3 Å². The van der Waals surface area contributed by atoms with E-state index in [2.05, 4.69) is 6.07 Å². The summed E-state index contributed by atoms with van der Waals surface area (Å²) >= 11 is 5.90. The Hall–Kier alpha value is -0.690. The highest BCUT2D eigenvalue weighted by atomic mass is 35.5.